The van der Waals surface area contributed by atoms with Gasteiger partial charge in [0, 0.05) is 5.56 Å². The van der Waals surface area contributed by atoms with Gasteiger partial charge in [0.25, 0.3) is 0 Å². The molecule has 0 aliphatic rings. The minimum absolute atomic E-state index is 0.140. The van der Waals surface area contributed by atoms with Gasteiger partial charge in [-0.2, -0.15) is 9.98 Å². The second-order valence-electron chi connectivity index (χ2n) is 3.04. The van der Waals surface area contributed by atoms with Crippen molar-refractivity contribution in [2.24, 2.45) is 9.98 Å². The zero-order valence-electron chi connectivity index (χ0n) is 9.18. The highest BCUT2D eigenvalue weighted by Crippen LogP contribution is 2.30. The van der Waals surface area contributed by atoms with Crippen molar-refractivity contribution in [2.45, 2.75) is 6.92 Å². The molecule has 0 aliphatic carbocycles. The standard InChI is InChI=1S/C11H8N2O4/c1-7-9(12-5-14)3-8(11(16)17-2)4-10(7)13-6-15/h3-4H,1-2H3. The predicted molar refractivity (Wildman–Crippen MR) is 58.1 cm³/mol. The van der Waals surface area contributed by atoms with Crippen LogP contribution in [-0.4, -0.2) is 25.2 Å². The molecule has 0 unspecified atom stereocenters. The van der Waals surface area contributed by atoms with Crippen LogP contribution in [0.15, 0.2) is 22.1 Å². The lowest BCUT2D eigenvalue weighted by Crippen LogP contribution is -2.01. The van der Waals surface area contributed by atoms with Crippen LogP contribution in [0.3, 0.4) is 0 Å². The van der Waals surface area contributed by atoms with Gasteiger partial charge in [0.15, 0.2) is 0 Å². The van der Waals surface area contributed by atoms with Gasteiger partial charge in [0.2, 0.25) is 12.2 Å². The van der Waals surface area contributed by atoms with Crippen molar-refractivity contribution in [3.63, 3.8) is 0 Å². The van der Waals surface area contributed by atoms with Crippen molar-refractivity contribution in [1.29, 1.82) is 0 Å². The maximum absolute atomic E-state index is 11.3. The molecule has 0 amide bonds. The number of isocyanates is 2. The average Bonchev–Trinajstić information content (AvgIpc) is 2.33. The van der Waals surface area contributed by atoms with Crippen molar-refractivity contribution in [1.82, 2.24) is 0 Å². The molecule has 0 N–H and O–H groups in total. The number of rotatable bonds is 3. The zero-order chi connectivity index (χ0) is 12.8. The van der Waals surface area contributed by atoms with Gasteiger partial charge >= 0.3 is 5.97 Å². The van der Waals surface area contributed by atoms with E-state index >= 15 is 0 Å². The van der Waals surface area contributed by atoms with Crippen molar-refractivity contribution in [2.75, 3.05) is 7.11 Å². The van der Waals surface area contributed by atoms with E-state index in [2.05, 4.69) is 14.7 Å². The van der Waals surface area contributed by atoms with Gasteiger partial charge in [-0.15, -0.1) is 0 Å². The van der Waals surface area contributed by atoms with E-state index in [-0.39, 0.29) is 16.9 Å². The van der Waals surface area contributed by atoms with Crippen LogP contribution in [0.5, 0.6) is 0 Å². The number of ether oxygens (including phenoxy) is 1. The molecule has 0 saturated carbocycles. The minimum Gasteiger partial charge on any atom is -0.465 e. The summed E-state index contributed by atoms with van der Waals surface area (Å²) in [6, 6.07) is 2.71. The topological polar surface area (TPSA) is 85.2 Å². The fourth-order valence-electron chi connectivity index (χ4n) is 1.25. The zero-order valence-corrected chi connectivity index (χ0v) is 9.18. The molecule has 6 heteroatoms. The van der Waals surface area contributed by atoms with E-state index in [0.29, 0.717) is 5.56 Å². The van der Waals surface area contributed by atoms with Crippen molar-refractivity contribution >= 4 is 29.5 Å². The van der Waals surface area contributed by atoms with Crippen LogP contribution in [0.25, 0.3) is 0 Å². The summed E-state index contributed by atoms with van der Waals surface area (Å²) in [7, 11) is 1.22. The number of esters is 1. The first kappa shape index (κ1) is 12.5. The Morgan fingerprint density at radius 3 is 2.00 bits per heavy atom. The Labute approximate surface area is 96.6 Å². The molecule has 1 aromatic rings. The van der Waals surface area contributed by atoms with Crippen LogP contribution in [-0.2, 0) is 14.3 Å². The van der Waals surface area contributed by atoms with Crippen LogP contribution >= 0.6 is 0 Å². The summed E-state index contributed by atoms with van der Waals surface area (Å²) >= 11 is 0. The van der Waals surface area contributed by atoms with Gasteiger partial charge in [-0.3, -0.25) is 0 Å². The van der Waals surface area contributed by atoms with E-state index < -0.39 is 5.97 Å². The number of methoxy groups -OCH3 is 1. The number of carbonyl (C=O) groups excluding carboxylic acids is 3. The molecule has 0 heterocycles. The number of hydrogen-bond acceptors (Lipinski definition) is 6. The Kier molecular flexibility index (Phi) is 4.06. The first-order valence-electron chi connectivity index (χ1n) is 4.52. The fourth-order valence-corrected chi connectivity index (χ4v) is 1.25. The molecule has 0 fully saturated rings. The molecule has 0 aromatic heterocycles. The first-order valence-corrected chi connectivity index (χ1v) is 4.52. The summed E-state index contributed by atoms with van der Waals surface area (Å²) in [4.78, 5) is 38.6. The van der Waals surface area contributed by atoms with Crippen LogP contribution in [0.4, 0.5) is 11.4 Å². The predicted octanol–water partition coefficient (Wildman–Crippen LogP) is 1.72. The third-order valence-electron chi connectivity index (χ3n) is 2.11. The minimum atomic E-state index is -0.616. The second-order valence-corrected chi connectivity index (χ2v) is 3.04. The maximum Gasteiger partial charge on any atom is 0.338 e. The summed E-state index contributed by atoms with van der Waals surface area (Å²) in [6.45, 7) is 1.60. The van der Waals surface area contributed by atoms with Gasteiger partial charge in [0.05, 0.1) is 24.0 Å². The van der Waals surface area contributed by atoms with Crippen molar-refractivity contribution < 1.29 is 19.1 Å². The Balaban J connectivity index is 3.51. The van der Waals surface area contributed by atoms with Crippen LogP contribution < -0.4 is 0 Å². The van der Waals surface area contributed by atoms with Crippen molar-refractivity contribution in [3.05, 3.63) is 23.3 Å². The fraction of sp³-hybridized carbons (Fsp3) is 0.182. The van der Waals surface area contributed by atoms with Gasteiger partial charge in [-0.05, 0) is 19.1 Å². The van der Waals surface area contributed by atoms with Crippen LogP contribution in [0.2, 0.25) is 0 Å². The molecule has 0 radical (unpaired) electrons. The highest BCUT2D eigenvalue weighted by molar-refractivity contribution is 5.92. The lowest BCUT2D eigenvalue weighted by atomic mass is 10.1. The first-order chi connectivity index (χ1) is 8.13. The molecule has 0 aliphatic heterocycles. The lowest BCUT2D eigenvalue weighted by molar-refractivity contribution is 0.0601. The van der Waals surface area contributed by atoms with E-state index in [1.807, 2.05) is 0 Å². The largest absolute Gasteiger partial charge is 0.465 e. The molecule has 1 rings (SSSR count). The van der Waals surface area contributed by atoms with Gasteiger partial charge < -0.3 is 4.74 Å². The van der Waals surface area contributed by atoms with E-state index in [9.17, 15) is 14.4 Å². The van der Waals surface area contributed by atoms with Crippen LogP contribution in [0.1, 0.15) is 15.9 Å². The molecule has 17 heavy (non-hydrogen) atoms. The molecule has 0 spiro atoms. The van der Waals surface area contributed by atoms with Gasteiger partial charge in [-0.25, -0.2) is 14.4 Å². The smallest absolute Gasteiger partial charge is 0.338 e. The summed E-state index contributed by atoms with van der Waals surface area (Å²) < 4.78 is 4.52. The normalized spacial score (nSPS) is 8.82. The number of carbonyl (C=O) groups is 1. The SMILES string of the molecule is COC(=O)c1cc(N=C=O)c(C)c(N=C=O)c1. The van der Waals surface area contributed by atoms with Crippen LogP contribution in [0, 0.1) is 6.92 Å². The molecular formula is C11H8N2O4. The monoisotopic (exact) mass is 232 g/mol. The third-order valence-corrected chi connectivity index (χ3v) is 2.11. The Morgan fingerprint density at radius 2 is 1.65 bits per heavy atom. The second kappa shape index (κ2) is 5.51. The Morgan fingerprint density at radius 1 is 1.18 bits per heavy atom. The molecule has 0 bridgehead atoms. The summed E-state index contributed by atoms with van der Waals surface area (Å²) in [6.07, 6.45) is 2.72. The van der Waals surface area contributed by atoms with E-state index in [1.54, 1.807) is 6.92 Å². The molecule has 0 saturated heterocycles. The van der Waals surface area contributed by atoms with E-state index in [1.165, 1.54) is 31.4 Å². The average molecular weight is 232 g/mol. The highest BCUT2D eigenvalue weighted by atomic mass is 16.5. The van der Waals surface area contributed by atoms with Gasteiger partial charge in [-0.1, -0.05) is 0 Å². The number of benzene rings is 1. The third kappa shape index (κ3) is 2.72. The molecule has 86 valence electrons. The summed E-state index contributed by atoms with van der Waals surface area (Å²) in [5.74, 6) is -0.616. The Bertz CT molecular complexity index is 514. The quantitative estimate of drug-likeness (QED) is 0.451. The number of nitrogens with zero attached hydrogens (tertiary/aromatic N) is 2. The Hall–Kier alpha value is -2.55. The molecule has 0 atom stereocenters. The molecular weight excluding hydrogens is 224 g/mol. The highest BCUT2D eigenvalue weighted by Gasteiger charge is 2.12. The van der Waals surface area contributed by atoms with Gasteiger partial charge in [0.1, 0.15) is 0 Å². The number of aliphatic imine (C=N–C) groups is 2. The lowest BCUT2D eigenvalue weighted by Gasteiger charge is -2.05. The van der Waals surface area contributed by atoms with E-state index in [0.717, 1.165) is 0 Å². The summed E-state index contributed by atoms with van der Waals surface area (Å²) in [5, 5.41) is 0. The molecule has 6 nitrogen and oxygen atoms in total. The van der Waals surface area contributed by atoms with E-state index in [4.69, 9.17) is 0 Å². The summed E-state index contributed by atoms with van der Waals surface area (Å²) in [5.41, 5.74) is 1.03. The van der Waals surface area contributed by atoms with Crippen molar-refractivity contribution in [3.8, 4) is 0 Å². The molecule has 1 aromatic carbocycles. The maximum atomic E-state index is 11.3. The number of hydrogen-bond donors (Lipinski definition) is 0.